The van der Waals surface area contributed by atoms with Gasteiger partial charge in [-0.3, -0.25) is 43.1 Å². The van der Waals surface area contributed by atoms with Gasteiger partial charge in [0.2, 0.25) is 41.4 Å². The predicted molar refractivity (Wildman–Crippen MR) is 245 cm³/mol. The highest BCUT2D eigenvalue weighted by Gasteiger charge is 2.40. The summed E-state index contributed by atoms with van der Waals surface area (Å²) in [6, 6.07) is -3.23. The fraction of sp³-hybridized carbons (Fsp3) is 0.556. The van der Waals surface area contributed by atoms with Gasteiger partial charge in [0.25, 0.3) is 0 Å². The van der Waals surface area contributed by atoms with Crippen LogP contribution in [0, 0.1) is 17.8 Å². The van der Waals surface area contributed by atoms with Crippen molar-refractivity contribution in [3.05, 3.63) is 47.5 Å². The van der Waals surface area contributed by atoms with Crippen LogP contribution >= 0.6 is 0 Å². The number of guanidine groups is 1. The third kappa shape index (κ3) is 11.9. The highest BCUT2D eigenvalue weighted by molar-refractivity contribution is 5.99. The maximum Gasteiger partial charge on any atom is 0.326 e. The summed E-state index contributed by atoms with van der Waals surface area (Å²) < 4.78 is 1.62. The van der Waals surface area contributed by atoms with E-state index >= 15 is 0 Å². The first-order valence-electron chi connectivity index (χ1n) is 22.8. The number of carboxylic acid groups (broad SMARTS) is 1. The maximum atomic E-state index is 14.7. The van der Waals surface area contributed by atoms with Crippen molar-refractivity contribution in [3.63, 3.8) is 0 Å². The SMILES string of the molecule is CC(C)C[C@H]1NC(=O)[C@H](NC(=O)[C@H]2CCC(=O)N2)[C@H](C(C)C)c2ccc3c4c([nH]c3c2)-n2cnc(c2)C[C@H](C(=O)O)NC(=O)[C@@H](CCCN=C(N)N)NC(=O)[C@H](C4)NC(=O)[C@@H](C(C)C)NC1=O. The molecular weight excluding hydrogens is 867 g/mol. The second-order valence-electron chi connectivity index (χ2n) is 18.7. The van der Waals surface area contributed by atoms with E-state index in [2.05, 4.69) is 52.2 Å². The molecule has 1 fully saturated rings. The summed E-state index contributed by atoms with van der Waals surface area (Å²) in [6.07, 6.45) is 3.43. The summed E-state index contributed by atoms with van der Waals surface area (Å²) in [5.41, 5.74) is 13.0. The van der Waals surface area contributed by atoms with Crippen molar-refractivity contribution in [2.24, 2.45) is 34.2 Å². The second-order valence-corrected chi connectivity index (χ2v) is 18.7. The van der Waals surface area contributed by atoms with E-state index in [1.165, 1.54) is 6.33 Å². The molecule has 1 saturated heterocycles. The maximum absolute atomic E-state index is 14.7. The fourth-order valence-electron chi connectivity index (χ4n) is 8.98. The Morgan fingerprint density at radius 3 is 2.21 bits per heavy atom. The molecule has 0 saturated carbocycles. The number of nitrogens with zero attached hydrogens (tertiary/aromatic N) is 3. The molecule has 22 nitrogen and oxygen atoms in total. The van der Waals surface area contributed by atoms with E-state index in [-0.39, 0.29) is 75.2 Å². The first kappa shape index (κ1) is 49.4. The lowest BCUT2D eigenvalue weighted by Crippen LogP contribution is -2.61. The number of amides is 7. The van der Waals surface area contributed by atoms with E-state index in [0.717, 1.165) is 0 Å². The number of carbonyl (C=O) groups excluding carboxylic acids is 7. The number of aromatic amines is 1. The van der Waals surface area contributed by atoms with E-state index in [1.807, 2.05) is 45.9 Å². The van der Waals surface area contributed by atoms with Gasteiger partial charge in [0.05, 0.1) is 5.69 Å². The van der Waals surface area contributed by atoms with Gasteiger partial charge in [-0.2, -0.15) is 0 Å². The molecule has 1 aromatic carbocycles. The monoisotopic (exact) mass is 929 g/mol. The molecule has 7 amide bonds. The van der Waals surface area contributed by atoms with Crippen molar-refractivity contribution in [1.29, 1.82) is 0 Å². The topological polar surface area (TPSA) is 339 Å². The number of nitrogens with two attached hydrogens (primary N) is 2. The lowest BCUT2D eigenvalue weighted by Gasteiger charge is -2.33. The average Bonchev–Trinajstić information content (AvgIpc) is 4.00. The van der Waals surface area contributed by atoms with Crippen molar-refractivity contribution in [1.82, 2.24) is 51.8 Å². The molecule has 0 radical (unpaired) electrons. The number of carboxylic acids is 1. The van der Waals surface area contributed by atoms with Gasteiger partial charge in [-0.1, -0.05) is 53.7 Å². The molecule has 0 unspecified atom stereocenters. The van der Waals surface area contributed by atoms with Crippen molar-refractivity contribution in [2.75, 3.05) is 6.54 Å². The van der Waals surface area contributed by atoms with Gasteiger partial charge in [0.1, 0.15) is 54.4 Å². The van der Waals surface area contributed by atoms with Gasteiger partial charge in [-0.15, -0.1) is 0 Å². The summed E-state index contributed by atoms with van der Waals surface area (Å²) in [7, 11) is 0. The van der Waals surface area contributed by atoms with Crippen molar-refractivity contribution in [3.8, 4) is 5.82 Å². The highest BCUT2D eigenvalue weighted by atomic mass is 16.4. The van der Waals surface area contributed by atoms with Gasteiger partial charge >= 0.3 is 5.97 Å². The van der Waals surface area contributed by atoms with Crippen LogP contribution in [0.1, 0.15) is 96.4 Å². The molecule has 0 spiro atoms. The smallest absolute Gasteiger partial charge is 0.326 e. The molecule has 7 bridgehead atoms. The van der Waals surface area contributed by atoms with Crippen molar-refractivity contribution < 1.29 is 43.5 Å². The molecule has 7 rings (SSSR count). The van der Waals surface area contributed by atoms with Crippen LogP contribution in [0.5, 0.6) is 0 Å². The van der Waals surface area contributed by atoms with Gasteiger partial charge < -0.3 is 58.8 Å². The number of benzene rings is 1. The zero-order valence-corrected chi connectivity index (χ0v) is 38.6. The fourth-order valence-corrected chi connectivity index (χ4v) is 8.98. The summed E-state index contributed by atoms with van der Waals surface area (Å²) in [6.45, 7) is 11.0. The normalized spacial score (nSPS) is 25.3. The number of nitrogens with one attached hydrogen (secondary N) is 8. The number of carbonyl (C=O) groups is 8. The summed E-state index contributed by atoms with van der Waals surface area (Å²) in [5, 5.41) is 30.3. The van der Waals surface area contributed by atoms with E-state index in [0.29, 0.717) is 33.5 Å². The minimum atomic E-state index is -1.45. The third-order valence-corrected chi connectivity index (χ3v) is 12.4. The predicted octanol–water partition coefficient (Wildman–Crippen LogP) is -0.767. The van der Waals surface area contributed by atoms with Gasteiger partial charge in [-0.05, 0) is 55.1 Å². The van der Waals surface area contributed by atoms with Crippen LogP contribution in [-0.4, -0.2) is 122 Å². The number of hydrogen-bond acceptors (Lipinski definition) is 10. The standard InChI is InChI=1S/C45H63N13O9/c1-20(2)14-30-41(63)56-35(22(5)6)42(64)54-31-17-26-25-10-9-23(34(21(3)4)36(43(65)53-30)57-39(61)28-11-12-33(59)50-28)15-29(25)51-37(26)58-18-24(49-19-58)16-32(44(66)67)55-38(60)27(52-40(31)62)8-7-13-48-45(46)47/h9-10,15,18-22,27-28,30-32,34-36,51H,7-8,11-14,16-17H2,1-6H3,(H,50,59)(H,52,62)(H,53,65)(H,54,64)(H,55,60)(H,56,63)(H,57,61)(H,66,67)(H4,46,47,48)/t27-,28-,30-,31+,32-,34-,35-,36-/m1/s1. The van der Waals surface area contributed by atoms with Gasteiger partial charge in [-0.25, -0.2) is 9.78 Å². The molecule has 362 valence electrons. The Hall–Kier alpha value is -7.00. The lowest BCUT2D eigenvalue weighted by atomic mass is 9.81. The first-order valence-corrected chi connectivity index (χ1v) is 22.8. The number of H-pyrrole nitrogens is 1. The minimum Gasteiger partial charge on any atom is -0.480 e. The molecule has 67 heavy (non-hydrogen) atoms. The first-order chi connectivity index (χ1) is 31.7. The minimum absolute atomic E-state index is 0.0154. The molecule has 0 aliphatic carbocycles. The zero-order chi connectivity index (χ0) is 48.9. The molecule has 3 aromatic rings. The highest BCUT2D eigenvalue weighted by Crippen LogP contribution is 2.35. The number of aliphatic imine (C=N–C) groups is 1. The summed E-state index contributed by atoms with van der Waals surface area (Å²) in [5.74, 6) is -7.25. The molecule has 4 aliphatic rings. The van der Waals surface area contributed by atoms with Crippen molar-refractivity contribution in [2.45, 2.75) is 135 Å². The molecule has 6 heterocycles. The number of aliphatic carboxylic acids is 1. The number of hydrogen-bond donors (Lipinski definition) is 11. The van der Waals surface area contributed by atoms with Crippen LogP contribution in [-0.2, 0) is 51.2 Å². The van der Waals surface area contributed by atoms with Crippen molar-refractivity contribution >= 4 is 64.2 Å². The average molecular weight is 930 g/mol. The molecule has 4 aliphatic heterocycles. The lowest BCUT2D eigenvalue weighted by molar-refractivity contribution is -0.142. The Labute approximate surface area is 387 Å². The van der Waals surface area contributed by atoms with Crippen LogP contribution in [0.4, 0.5) is 0 Å². The molecular formula is C45H63N13O9. The molecule has 13 N–H and O–H groups in total. The molecule has 8 atom stereocenters. The zero-order valence-electron chi connectivity index (χ0n) is 38.6. The van der Waals surface area contributed by atoms with Crippen LogP contribution in [0.15, 0.2) is 35.7 Å². The Kier molecular flexibility index (Phi) is 15.6. The number of imidazole rings is 1. The van der Waals surface area contributed by atoms with E-state index in [9.17, 15) is 43.5 Å². The van der Waals surface area contributed by atoms with Gasteiger partial charge in [0.15, 0.2) is 5.96 Å². The van der Waals surface area contributed by atoms with Crippen LogP contribution in [0.25, 0.3) is 16.7 Å². The quantitative estimate of drug-likeness (QED) is 0.0489. The summed E-state index contributed by atoms with van der Waals surface area (Å²) >= 11 is 0. The number of aromatic nitrogens is 3. The van der Waals surface area contributed by atoms with E-state index < -0.39 is 95.5 Å². The number of fused-ring (bicyclic) bond motifs is 13. The van der Waals surface area contributed by atoms with Gasteiger partial charge in [0, 0.05) is 54.4 Å². The van der Waals surface area contributed by atoms with Crippen LogP contribution < -0.4 is 48.7 Å². The molecule has 22 heteroatoms. The molecule has 2 aromatic heterocycles. The Balaban J connectivity index is 1.55. The Bertz CT molecular complexity index is 2420. The van der Waals surface area contributed by atoms with E-state index in [4.69, 9.17) is 11.5 Å². The largest absolute Gasteiger partial charge is 0.480 e. The Morgan fingerprint density at radius 1 is 0.851 bits per heavy atom. The van der Waals surface area contributed by atoms with E-state index in [1.54, 1.807) is 24.6 Å². The summed E-state index contributed by atoms with van der Waals surface area (Å²) in [4.78, 5) is 123. The second kappa shape index (κ2) is 21.1. The van der Waals surface area contributed by atoms with Crippen LogP contribution in [0.2, 0.25) is 0 Å². The Morgan fingerprint density at radius 2 is 1.57 bits per heavy atom. The van der Waals surface area contributed by atoms with Crippen LogP contribution in [0.3, 0.4) is 0 Å². The third-order valence-electron chi connectivity index (χ3n) is 12.4. The number of rotatable bonds is 11.